The van der Waals surface area contributed by atoms with Crippen LogP contribution in [0.2, 0.25) is 0 Å². The van der Waals surface area contributed by atoms with Gasteiger partial charge < -0.3 is 29.2 Å². The lowest BCUT2D eigenvalue weighted by Crippen LogP contribution is -2.53. The molecule has 228 valence electrons. The number of hydrazone groups is 1. The van der Waals surface area contributed by atoms with Crippen LogP contribution in [0.15, 0.2) is 47.6 Å². The molecular formula is C31H43N5O6. The first-order chi connectivity index (χ1) is 20.1. The van der Waals surface area contributed by atoms with Crippen LogP contribution in [0.3, 0.4) is 0 Å². The molecule has 2 heterocycles. The van der Waals surface area contributed by atoms with Gasteiger partial charge >= 0.3 is 6.03 Å². The molecule has 0 aromatic heterocycles. The fourth-order valence-electron chi connectivity index (χ4n) is 5.00. The zero-order chi connectivity index (χ0) is 30.3. The highest BCUT2D eigenvalue weighted by atomic mass is 16.5. The van der Waals surface area contributed by atoms with Crippen LogP contribution in [-0.2, 0) is 9.53 Å². The second-order valence-electron chi connectivity index (χ2n) is 11.4. The Morgan fingerprint density at radius 2 is 1.67 bits per heavy atom. The third-order valence-electron chi connectivity index (χ3n) is 7.27. The molecule has 42 heavy (non-hydrogen) atoms. The van der Waals surface area contributed by atoms with Gasteiger partial charge in [-0.15, -0.1) is 0 Å². The molecule has 4 rings (SSSR count). The highest BCUT2D eigenvalue weighted by Gasteiger charge is 2.36. The highest BCUT2D eigenvalue weighted by Crippen LogP contribution is 2.36. The summed E-state index contributed by atoms with van der Waals surface area (Å²) in [5.41, 5.74) is 1.95. The number of urea groups is 1. The Morgan fingerprint density at radius 3 is 2.29 bits per heavy atom. The first-order valence-electron chi connectivity index (χ1n) is 14.2. The van der Waals surface area contributed by atoms with Crippen molar-refractivity contribution in [2.45, 2.75) is 38.8 Å². The Balaban J connectivity index is 1.62. The van der Waals surface area contributed by atoms with Gasteiger partial charge in [0, 0.05) is 49.8 Å². The van der Waals surface area contributed by atoms with Gasteiger partial charge in [0.15, 0.2) is 0 Å². The van der Waals surface area contributed by atoms with Crippen molar-refractivity contribution in [3.63, 3.8) is 0 Å². The smallest absolute Gasteiger partial charge is 0.318 e. The van der Waals surface area contributed by atoms with Crippen LogP contribution in [0.25, 0.3) is 0 Å². The molecule has 2 aromatic carbocycles. The average Bonchev–Trinajstić information content (AvgIpc) is 3.44. The number of nitrogens with one attached hydrogen (secondary N) is 1. The number of methoxy groups -OCH3 is 3. The maximum Gasteiger partial charge on any atom is 0.318 e. The van der Waals surface area contributed by atoms with Crippen LogP contribution in [0.1, 0.15) is 44.4 Å². The van der Waals surface area contributed by atoms with Gasteiger partial charge in [0.05, 0.1) is 46.3 Å². The lowest BCUT2D eigenvalue weighted by molar-refractivity contribution is -0.133. The van der Waals surface area contributed by atoms with Gasteiger partial charge in [-0.1, -0.05) is 12.1 Å². The molecule has 0 radical (unpaired) electrons. The third kappa shape index (κ3) is 7.92. The number of amides is 3. The van der Waals surface area contributed by atoms with Crippen LogP contribution >= 0.6 is 0 Å². The molecule has 1 fully saturated rings. The summed E-state index contributed by atoms with van der Waals surface area (Å²) in [4.78, 5) is 31.2. The predicted octanol–water partition coefficient (Wildman–Crippen LogP) is 3.53. The number of morpholine rings is 1. The molecule has 0 spiro atoms. The fraction of sp³-hybridized carbons (Fsp3) is 0.516. The molecule has 0 unspecified atom stereocenters. The summed E-state index contributed by atoms with van der Waals surface area (Å²) in [6, 6.07) is 12.5. The van der Waals surface area contributed by atoms with E-state index in [1.165, 1.54) is 5.01 Å². The quantitative estimate of drug-likeness (QED) is 0.458. The first-order valence-corrected chi connectivity index (χ1v) is 14.2. The molecular weight excluding hydrogens is 538 g/mol. The minimum Gasteiger partial charge on any atom is -0.497 e. The van der Waals surface area contributed by atoms with E-state index in [1.807, 2.05) is 57.2 Å². The molecule has 1 atom stereocenters. The Kier molecular flexibility index (Phi) is 10.3. The van der Waals surface area contributed by atoms with Crippen molar-refractivity contribution < 1.29 is 28.5 Å². The Bertz CT molecular complexity index is 1250. The molecule has 0 aliphatic carbocycles. The topological polar surface area (TPSA) is 105 Å². The number of benzene rings is 2. The number of carbonyl (C=O) groups excluding carboxylic acids is 2. The summed E-state index contributed by atoms with van der Waals surface area (Å²) in [5.74, 6) is 1.72. The highest BCUT2D eigenvalue weighted by molar-refractivity contribution is 6.05. The molecule has 1 N–H and O–H groups in total. The third-order valence-corrected chi connectivity index (χ3v) is 7.27. The Labute approximate surface area is 248 Å². The number of hydrogen-bond donors (Lipinski definition) is 1. The minimum absolute atomic E-state index is 0.116. The zero-order valence-corrected chi connectivity index (χ0v) is 25.5. The summed E-state index contributed by atoms with van der Waals surface area (Å²) in [6.07, 6.45) is 0.475. The van der Waals surface area contributed by atoms with Crippen molar-refractivity contribution in [3.8, 4) is 17.2 Å². The minimum atomic E-state index is -0.452. The molecule has 0 bridgehead atoms. The first kappa shape index (κ1) is 31.1. The predicted molar refractivity (Wildman–Crippen MR) is 160 cm³/mol. The van der Waals surface area contributed by atoms with Crippen LogP contribution in [0, 0.1) is 0 Å². The van der Waals surface area contributed by atoms with Crippen molar-refractivity contribution in [2.24, 2.45) is 5.10 Å². The van der Waals surface area contributed by atoms with Gasteiger partial charge in [-0.05, 0) is 50.6 Å². The van der Waals surface area contributed by atoms with Gasteiger partial charge in [0.1, 0.15) is 23.8 Å². The molecule has 2 aromatic rings. The van der Waals surface area contributed by atoms with Gasteiger partial charge in [-0.3, -0.25) is 9.69 Å². The van der Waals surface area contributed by atoms with Crippen molar-refractivity contribution >= 4 is 17.6 Å². The van der Waals surface area contributed by atoms with E-state index < -0.39 is 5.54 Å². The van der Waals surface area contributed by atoms with E-state index in [2.05, 4.69) is 10.2 Å². The molecule has 2 aliphatic heterocycles. The standard InChI is InChI=1S/C31H43N5O6/c1-31(2,3)32-30(38)35(14-13-34-15-17-42-18-16-34)21-29(37)36-27(22-7-9-23(39-4)10-8-22)20-26(33-36)25-12-11-24(40-5)19-28(25)41-6/h7-12,19,27H,13-18,20-21H2,1-6H3,(H,32,38)/t27-/m0/s1. The van der Waals surface area contributed by atoms with E-state index in [9.17, 15) is 9.59 Å². The van der Waals surface area contributed by atoms with Gasteiger partial charge in [0.2, 0.25) is 0 Å². The summed E-state index contributed by atoms with van der Waals surface area (Å²) in [7, 11) is 4.81. The van der Waals surface area contributed by atoms with Crippen LogP contribution < -0.4 is 19.5 Å². The summed E-state index contributed by atoms with van der Waals surface area (Å²) >= 11 is 0. The number of ether oxygens (including phenoxy) is 4. The van der Waals surface area contributed by atoms with E-state index >= 15 is 0 Å². The van der Waals surface area contributed by atoms with E-state index in [-0.39, 0.29) is 24.5 Å². The lowest BCUT2D eigenvalue weighted by Gasteiger charge is -2.32. The number of hydrogen-bond acceptors (Lipinski definition) is 8. The van der Waals surface area contributed by atoms with Crippen LogP contribution in [-0.4, -0.2) is 105 Å². The second-order valence-corrected chi connectivity index (χ2v) is 11.4. The molecule has 3 amide bonds. The van der Waals surface area contributed by atoms with Crippen molar-refractivity contribution in [1.82, 2.24) is 20.1 Å². The van der Waals surface area contributed by atoms with Crippen molar-refractivity contribution in [1.29, 1.82) is 0 Å². The number of nitrogens with zero attached hydrogens (tertiary/aromatic N) is 4. The largest absolute Gasteiger partial charge is 0.497 e. The average molecular weight is 582 g/mol. The van der Waals surface area contributed by atoms with Crippen molar-refractivity contribution in [3.05, 3.63) is 53.6 Å². The normalized spacial score (nSPS) is 17.4. The SMILES string of the molecule is COc1ccc([C@@H]2CC(c3ccc(OC)cc3OC)=NN2C(=O)CN(CCN2CCOCC2)C(=O)NC(C)(C)C)cc1. The number of carbonyl (C=O) groups is 2. The maximum absolute atomic E-state index is 14.0. The van der Waals surface area contributed by atoms with E-state index in [0.717, 1.165) is 30.0 Å². The van der Waals surface area contributed by atoms with E-state index in [1.54, 1.807) is 32.3 Å². The zero-order valence-electron chi connectivity index (χ0n) is 25.5. The number of rotatable bonds is 10. The van der Waals surface area contributed by atoms with E-state index in [0.29, 0.717) is 49.9 Å². The summed E-state index contributed by atoms with van der Waals surface area (Å²) < 4.78 is 21.8. The second kappa shape index (κ2) is 13.9. The van der Waals surface area contributed by atoms with Crippen LogP contribution in [0.4, 0.5) is 4.79 Å². The van der Waals surface area contributed by atoms with E-state index in [4.69, 9.17) is 24.0 Å². The summed E-state index contributed by atoms with van der Waals surface area (Å²) in [6.45, 7) is 9.62. The monoisotopic (exact) mass is 581 g/mol. The van der Waals surface area contributed by atoms with Crippen LogP contribution in [0.5, 0.6) is 17.2 Å². The maximum atomic E-state index is 14.0. The van der Waals surface area contributed by atoms with Gasteiger partial charge in [0.25, 0.3) is 5.91 Å². The fourth-order valence-corrected chi connectivity index (χ4v) is 5.00. The Hall–Kier alpha value is -3.83. The van der Waals surface area contributed by atoms with Gasteiger partial charge in [-0.2, -0.15) is 5.10 Å². The molecule has 0 saturated carbocycles. The summed E-state index contributed by atoms with van der Waals surface area (Å²) in [5, 5.41) is 9.34. The molecule has 11 heteroatoms. The van der Waals surface area contributed by atoms with Crippen molar-refractivity contribution in [2.75, 3.05) is 67.3 Å². The molecule has 11 nitrogen and oxygen atoms in total. The Morgan fingerprint density at radius 1 is 1.00 bits per heavy atom. The van der Waals surface area contributed by atoms with Gasteiger partial charge in [-0.25, -0.2) is 9.80 Å². The molecule has 2 aliphatic rings. The lowest BCUT2D eigenvalue weighted by atomic mass is 9.97. The molecule has 1 saturated heterocycles.